The molecule has 0 saturated heterocycles. The number of amides is 1. The van der Waals surface area contributed by atoms with Gasteiger partial charge in [-0.3, -0.25) is 9.59 Å². The molecule has 1 saturated carbocycles. The van der Waals surface area contributed by atoms with Gasteiger partial charge in [-0.05, 0) is 84.4 Å². The van der Waals surface area contributed by atoms with Crippen LogP contribution in [0.25, 0.3) is 20.5 Å². The molecule has 0 spiro atoms. The van der Waals surface area contributed by atoms with Crippen LogP contribution in [0.3, 0.4) is 0 Å². The minimum Gasteiger partial charge on any atom is -0.466 e. The molecule has 8 heteroatoms. The Hall–Kier alpha value is -2.71. The van der Waals surface area contributed by atoms with Gasteiger partial charge in [-0.1, -0.05) is 44.4 Å². The van der Waals surface area contributed by atoms with E-state index in [0.29, 0.717) is 38.3 Å². The summed E-state index contributed by atoms with van der Waals surface area (Å²) in [5.41, 5.74) is 1.95. The van der Waals surface area contributed by atoms with Gasteiger partial charge in [0.2, 0.25) is 5.91 Å². The molecular formula is C32H38BrNO5S. The van der Waals surface area contributed by atoms with Gasteiger partial charge in [0.25, 0.3) is 0 Å². The summed E-state index contributed by atoms with van der Waals surface area (Å²) in [4.78, 5) is 41.4. The molecule has 0 N–H and O–H groups in total. The van der Waals surface area contributed by atoms with Crippen LogP contribution in [0.1, 0.15) is 81.6 Å². The molecule has 0 radical (unpaired) electrons. The van der Waals surface area contributed by atoms with Gasteiger partial charge in [0.05, 0.1) is 24.2 Å². The molecule has 1 aliphatic rings. The summed E-state index contributed by atoms with van der Waals surface area (Å²) < 4.78 is 12.7. The second-order valence-corrected chi connectivity index (χ2v) is 12.3. The standard InChI is InChI=1S/C32H38BrNO5S/c1-4-7-10-27(35)34(21-32(17-8-9-18-32)31(37)39-6-3)20-22-11-16-26-25(19-22)28(33)29(40-26)23-12-14-24(15-13-23)30(36)38-5-2/h11-16,19H,4-10,17-18,20-21H2,1-3H3. The molecule has 3 aromatic rings. The second kappa shape index (κ2) is 13.8. The van der Waals surface area contributed by atoms with Crippen molar-refractivity contribution in [2.24, 2.45) is 5.41 Å². The molecule has 1 aromatic heterocycles. The number of rotatable bonds is 12. The zero-order chi connectivity index (χ0) is 28.7. The summed E-state index contributed by atoms with van der Waals surface area (Å²) in [5.74, 6) is -0.408. The molecule has 1 heterocycles. The van der Waals surface area contributed by atoms with Crippen molar-refractivity contribution in [2.45, 2.75) is 72.3 Å². The molecular weight excluding hydrogens is 590 g/mol. The second-order valence-electron chi connectivity index (χ2n) is 10.4. The number of esters is 2. The molecule has 1 aliphatic carbocycles. The van der Waals surface area contributed by atoms with Gasteiger partial charge in [0.1, 0.15) is 0 Å². The Morgan fingerprint density at radius 1 is 0.975 bits per heavy atom. The minimum atomic E-state index is -0.617. The van der Waals surface area contributed by atoms with Gasteiger partial charge < -0.3 is 14.4 Å². The predicted molar refractivity (Wildman–Crippen MR) is 163 cm³/mol. The van der Waals surface area contributed by atoms with Gasteiger partial charge in [-0.2, -0.15) is 0 Å². The number of hydrogen-bond acceptors (Lipinski definition) is 6. The number of benzene rings is 2. The molecule has 214 valence electrons. The van der Waals surface area contributed by atoms with E-state index in [1.54, 1.807) is 30.4 Å². The fourth-order valence-corrected chi connectivity index (χ4v) is 7.45. The smallest absolute Gasteiger partial charge is 0.338 e. The third-order valence-electron chi connectivity index (χ3n) is 7.58. The molecule has 1 fully saturated rings. The van der Waals surface area contributed by atoms with Crippen molar-refractivity contribution >= 4 is 55.2 Å². The maximum Gasteiger partial charge on any atom is 0.338 e. The van der Waals surface area contributed by atoms with Crippen molar-refractivity contribution < 1.29 is 23.9 Å². The predicted octanol–water partition coefficient (Wildman–Crippen LogP) is 8.15. The van der Waals surface area contributed by atoms with Crippen LogP contribution in [-0.4, -0.2) is 42.5 Å². The summed E-state index contributed by atoms with van der Waals surface area (Å²) in [7, 11) is 0. The van der Waals surface area contributed by atoms with Crippen LogP contribution in [0.5, 0.6) is 0 Å². The highest BCUT2D eigenvalue weighted by Gasteiger charge is 2.44. The SMILES string of the molecule is CCCCC(=O)N(Cc1ccc2sc(-c3ccc(C(=O)OCC)cc3)c(Br)c2c1)CC1(C(=O)OCC)CCCC1. The maximum atomic E-state index is 13.4. The lowest BCUT2D eigenvalue weighted by Gasteiger charge is -2.34. The van der Waals surface area contributed by atoms with Gasteiger partial charge in [0.15, 0.2) is 0 Å². The molecule has 0 bridgehead atoms. The number of carbonyl (C=O) groups excluding carboxylic acids is 3. The van der Waals surface area contributed by atoms with Crippen LogP contribution in [0, 0.1) is 5.41 Å². The third-order valence-corrected chi connectivity index (χ3v) is 9.89. The molecule has 0 unspecified atom stereocenters. The van der Waals surface area contributed by atoms with Crippen LogP contribution in [0.4, 0.5) is 0 Å². The average Bonchev–Trinajstić information content (AvgIpc) is 3.57. The number of carbonyl (C=O) groups is 3. The number of thiophene rings is 1. The van der Waals surface area contributed by atoms with Crippen molar-refractivity contribution in [3.63, 3.8) is 0 Å². The summed E-state index contributed by atoms with van der Waals surface area (Å²) in [5, 5.41) is 1.08. The number of unbranched alkanes of at least 4 members (excludes halogenated alkanes) is 1. The van der Waals surface area contributed by atoms with Gasteiger partial charge >= 0.3 is 11.9 Å². The zero-order valence-electron chi connectivity index (χ0n) is 23.6. The van der Waals surface area contributed by atoms with Gasteiger partial charge in [-0.15, -0.1) is 11.3 Å². The Balaban J connectivity index is 1.61. The lowest BCUT2D eigenvalue weighted by atomic mass is 9.85. The van der Waals surface area contributed by atoms with Crippen LogP contribution < -0.4 is 0 Å². The molecule has 1 amide bonds. The van der Waals surface area contributed by atoms with Crippen molar-refractivity contribution in [3.05, 3.63) is 58.1 Å². The summed E-state index contributed by atoms with van der Waals surface area (Å²) in [6, 6.07) is 13.8. The summed E-state index contributed by atoms with van der Waals surface area (Å²) >= 11 is 5.49. The first-order valence-corrected chi connectivity index (χ1v) is 15.9. The Morgan fingerprint density at radius 3 is 2.33 bits per heavy atom. The quantitative estimate of drug-likeness (QED) is 0.189. The summed E-state index contributed by atoms with van der Waals surface area (Å²) in [6.45, 7) is 7.25. The van der Waals surface area contributed by atoms with Crippen LogP contribution in [0.2, 0.25) is 0 Å². The number of fused-ring (bicyclic) bond motifs is 1. The first-order valence-electron chi connectivity index (χ1n) is 14.2. The Kier molecular flexibility index (Phi) is 10.4. The van der Waals surface area contributed by atoms with E-state index < -0.39 is 5.41 Å². The van der Waals surface area contributed by atoms with Gasteiger partial charge in [0, 0.05) is 38.9 Å². The largest absolute Gasteiger partial charge is 0.466 e. The van der Waals surface area contributed by atoms with Crippen molar-refractivity contribution in [1.82, 2.24) is 4.90 Å². The highest BCUT2D eigenvalue weighted by Crippen LogP contribution is 2.43. The molecule has 6 nitrogen and oxygen atoms in total. The third kappa shape index (κ3) is 6.77. The summed E-state index contributed by atoms with van der Waals surface area (Å²) in [6.07, 6.45) is 5.73. The number of hydrogen-bond donors (Lipinski definition) is 0. The number of halogens is 1. The first-order chi connectivity index (χ1) is 19.3. The lowest BCUT2D eigenvalue weighted by molar-refractivity contribution is -0.157. The Morgan fingerprint density at radius 2 is 1.68 bits per heavy atom. The van der Waals surface area contributed by atoms with E-state index in [2.05, 4.69) is 41.1 Å². The number of nitrogens with zero attached hydrogens (tertiary/aromatic N) is 1. The molecule has 2 aromatic carbocycles. The van der Waals surface area contributed by atoms with E-state index in [1.165, 1.54) is 0 Å². The lowest BCUT2D eigenvalue weighted by Crippen LogP contribution is -2.44. The van der Waals surface area contributed by atoms with Crippen LogP contribution in [0.15, 0.2) is 46.9 Å². The van der Waals surface area contributed by atoms with E-state index in [0.717, 1.165) is 69.1 Å². The van der Waals surface area contributed by atoms with Crippen LogP contribution >= 0.6 is 27.3 Å². The number of ether oxygens (including phenoxy) is 2. The normalized spacial score (nSPS) is 14.3. The molecule has 0 aliphatic heterocycles. The van der Waals surface area contributed by atoms with E-state index in [-0.39, 0.29) is 17.8 Å². The van der Waals surface area contributed by atoms with E-state index in [9.17, 15) is 14.4 Å². The van der Waals surface area contributed by atoms with Crippen molar-refractivity contribution in [3.8, 4) is 10.4 Å². The molecule has 4 rings (SSSR count). The van der Waals surface area contributed by atoms with E-state index in [4.69, 9.17) is 9.47 Å². The minimum absolute atomic E-state index is 0.0873. The van der Waals surface area contributed by atoms with Crippen molar-refractivity contribution in [1.29, 1.82) is 0 Å². The fraction of sp³-hybridized carbons (Fsp3) is 0.469. The fourth-order valence-electron chi connectivity index (χ4n) is 5.44. The van der Waals surface area contributed by atoms with E-state index >= 15 is 0 Å². The molecule has 40 heavy (non-hydrogen) atoms. The zero-order valence-corrected chi connectivity index (χ0v) is 26.0. The Labute approximate surface area is 249 Å². The monoisotopic (exact) mass is 627 g/mol. The highest BCUT2D eigenvalue weighted by molar-refractivity contribution is 9.10. The van der Waals surface area contributed by atoms with Crippen molar-refractivity contribution in [2.75, 3.05) is 19.8 Å². The topological polar surface area (TPSA) is 72.9 Å². The highest BCUT2D eigenvalue weighted by atomic mass is 79.9. The first kappa shape index (κ1) is 30.3. The average molecular weight is 629 g/mol. The Bertz CT molecular complexity index is 1340. The molecule has 0 atom stereocenters. The van der Waals surface area contributed by atoms with E-state index in [1.807, 2.05) is 24.0 Å². The van der Waals surface area contributed by atoms with Gasteiger partial charge in [-0.25, -0.2) is 4.79 Å². The van der Waals surface area contributed by atoms with Crippen LogP contribution in [-0.2, 0) is 25.6 Å². The maximum absolute atomic E-state index is 13.4.